The largest absolute Gasteiger partial charge is 0.444 e. The first-order chi connectivity index (χ1) is 9.19. The molecule has 0 saturated heterocycles. The highest BCUT2D eigenvalue weighted by atomic mass is 35.5. The average Bonchev–Trinajstić information content (AvgIpc) is 2.28. The van der Waals surface area contributed by atoms with Gasteiger partial charge in [-0.2, -0.15) is 0 Å². The molecule has 0 aliphatic heterocycles. The first-order valence-electron chi connectivity index (χ1n) is 6.40. The zero-order valence-electron chi connectivity index (χ0n) is 12.5. The van der Waals surface area contributed by atoms with Crippen molar-refractivity contribution in [2.24, 2.45) is 0 Å². The number of aromatic nitrogens is 2. The zero-order valence-corrected chi connectivity index (χ0v) is 13.3. The number of hydrogen-bond acceptors (Lipinski definition) is 5. The summed E-state index contributed by atoms with van der Waals surface area (Å²) in [6, 6.07) is 0. The number of carbonyl (C=O) groups excluding carboxylic acids is 1. The molecule has 0 spiro atoms. The molecule has 0 aromatic carbocycles. The van der Waals surface area contributed by atoms with E-state index in [1.165, 1.54) is 0 Å². The predicted molar refractivity (Wildman–Crippen MR) is 79.2 cm³/mol. The van der Waals surface area contributed by atoms with Gasteiger partial charge in [-0.15, -0.1) is 0 Å². The number of amides is 1. The number of hydrogen-bond donors (Lipinski definition) is 2. The van der Waals surface area contributed by atoms with Crippen LogP contribution in [0.25, 0.3) is 0 Å². The van der Waals surface area contributed by atoms with E-state index in [4.69, 9.17) is 16.3 Å². The van der Waals surface area contributed by atoms with Crippen molar-refractivity contribution in [1.82, 2.24) is 15.3 Å². The Balaban J connectivity index is 2.38. The minimum absolute atomic E-state index is 0.324. The Kier molecular flexibility index (Phi) is 5.56. The van der Waals surface area contributed by atoms with Crippen LogP contribution >= 0.6 is 11.6 Å². The summed E-state index contributed by atoms with van der Waals surface area (Å²) < 4.78 is 5.12. The lowest BCUT2D eigenvalue weighted by atomic mass is 10.2. The summed E-state index contributed by atoms with van der Waals surface area (Å²) in [6.45, 7) is 10.0. The van der Waals surface area contributed by atoms with E-state index >= 15 is 0 Å². The van der Waals surface area contributed by atoms with E-state index in [0.29, 0.717) is 24.1 Å². The molecule has 1 heterocycles. The Bertz CT molecular complexity index is 486. The molecule has 6 nitrogen and oxygen atoms in total. The molecule has 0 unspecified atom stereocenters. The van der Waals surface area contributed by atoms with Gasteiger partial charge in [-0.05, 0) is 34.6 Å². The maximum Gasteiger partial charge on any atom is 0.407 e. The molecular weight excluding hydrogens is 280 g/mol. The fourth-order valence-electron chi connectivity index (χ4n) is 1.35. The van der Waals surface area contributed by atoms with Gasteiger partial charge in [0.2, 0.25) is 0 Å². The van der Waals surface area contributed by atoms with E-state index in [2.05, 4.69) is 20.6 Å². The van der Waals surface area contributed by atoms with Crippen LogP contribution in [0.2, 0.25) is 5.15 Å². The quantitative estimate of drug-likeness (QED) is 0.836. The molecule has 20 heavy (non-hydrogen) atoms. The molecular formula is C13H21ClN4O2. The van der Waals surface area contributed by atoms with Gasteiger partial charge in [-0.25, -0.2) is 14.8 Å². The highest BCUT2D eigenvalue weighted by molar-refractivity contribution is 6.31. The van der Waals surface area contributed by atoms with Gasteiger partial charge in [-0.3, -0.25) is 0 Å². The molecule has 0 atom stereocenters. The van der Waals surface area contributed by atoms with Crippen LogP contribution < -0.4 is 10.6 Å². The molecule has 7 heteroatoms. The van der Waals surface area contributed by atoms with Crippen LogP contribution in [0.4, 0.5) is 10.6 Å². The van der Waals surface area contributed by atoms with Gasteiger partial charge in [0.25, 0.3) is 0 Å². The number of ether oxygens (including phenoxy) is 1. The Morgan fingerprint density at radius 3 is 2.40 bits per heavy atom. The lowest BCUT2D eigenvalue weighted by Crippen LogP contribution is -2.35. The summed E-state index contributed by atoms with van der Waals surface area (Å²) in [4.78, 5) is 19.9. The number of carbonyl (C=O) groups is 1. The maximum atomic E-state index is 11.4. The molecule has 0 fully saturated rings. The van der Waals surface area contributed by atoms with Crippen molar-refractivity contribution in [3.8, 4) is 0 Å². The summed E-state index contributed by atoms with van der Waals surface area (Å²) in [5, 5.41) is 5.99. The van der Waals surface area contributed by atoms with Crippen LogP contribution in [0, 0.1) is 13.8 Å². The van der Waals surface area contributed by atoms with Crippen molar-refractivity contribution in [1.29, 1.82) is 0 Å². The van der Waals surface area contributed by atoms with Gasteiger partial charge in [0, 0.05) is 13.1 Å². The second-order valence-corrected chi connectivity index (χ2v) is 5.75. The molecule has 1 aromatic rings. The minimum atomic E-state index is -0.500. The fourth-order valence-corrected chi connectivity index (χ4v) is 1.58. The van der Waals surface area contributed by atoms with Gasteiger partial charge >= 0.3 is 6.09 Å². The van der Waals surface area contributed by atoms with Gasteiger partial charge in [0.05, 0.1) is 11.4 Å². The minimum Gasteiger partial charge on any atom is -0.444 e. The van der Waals surface area contributed by atoms with Crippen molar-refractivity contribution in [2.75, 3.05) is 18.4 Å². The van der Waals surface area contributed by atoms with Crippen molar-refractivity contribution in [3.05, 3.63) is 16.5 Å². The Morgan fingerprint density at radius 1 is 1.20 bits per heavy atom. The van der Waals surface area contributed by atoms with E-state index < -0.39 is 11.7 Å². The first-order valence-corrected chi connectivity index (χ1v) is 6.78. The SMILES string of the molecule is Cc1nc(Cl)c(NCCNC(=O)OC(C)(C)C)nc1C. The third-order valence-electron chi connectivity index (χ3n) is 2.35. The molecule has 1 aromatic heterocycles. The third kappa shape index (κ3) is 5.61. The van der Waals surface area contributed by atoms with Crippen LogP contribution in [0.3, 0.4) is 0 Å². The lowest BCUT2D eigenvalue weighted by Gasteiger charge is -2.19. The molecule has 0 bridgehead atoms. The molecule has 1 rings (SSSR count). The van der Waals surface area contributed by atoms with Crippen LogP contribution in [-0.4, -0.2) is 34.8 Å². The summed E-state index contributed by atoms with van der Waals surface area (Å²) in [7, 11) is 0. The number of aryl methyl sites for hydroxylation is 2. The van der Waals surface area contributed by atoms with Gasteiger partial charge in [-0.1, -0.05) is 11.6 Å². The maximum absolute atomic E-state index is 11.4. The fraction of sp³-hybridized carbons (Fsp3) is 0.615. The number of halogens is 1. The van der Waals surface area contributed by atoms with E-state index in [1.54, 1.807) is 0 Å². The summed E-state index contributed by atoms with van der Waals surface area (Å²) in [5.74, 6) is 0.515. The molecule has 1 amide bonds. The van der Waals surface area contributed by atoms with E-state index in [-0.39, 0.29) is 0 Å². The van der Waals surface area contributed by atoms with Gasteiger partial charge in [0.15, 0.2) is 11.0 Å². The number of nitrogens with zero attached hydrogens (tertiary/aromatic N) is 2. The van der Waals surface area contributed by atoms with Crippen LogP contribution in [0.1, 0.15) is 32.2 Å². The Labute approximate surface area is 124 Å². The van der Waals surface area contributed by atoms with Crippen molar-refractivity contribution < 1.29 is 9.53 Å². The third-order valence-corrected chi connectivity index (χ3v) is 2.61. The second-order valence-electron chi connectivity index (χ2n) is 5.39. The monoisotopic (exact) mass is 300 g/mol. The van der Waals surface area contributed by atoms with Crippen LogP contribution in [-0.2, 0) is 4.74 Å². The van der Waals surface area contributed by atoms with Crippen LogP contribution in [0.5, 0.6) is 0 Å². The lowest BCUT2D eigenvalue weighted by molar-refractivity contribution is 0.0530. The molecule has 2 N–H and O–H groups in total. The first kappa shape index (κ1) is 16.5. The van der Waals surface area contributed by atoms with Crippen molar-refractivity contribution in [3.63, 3.8) is 0 Å². The highest BCUT2D eigenvalue weighted by Crippen LogP contribution is 2.17. The van der Waals surface area contributed by atoms with E-state index in [1.807, 2.05) is 34.6 Å². The van der Waals surface area contributed by atoms with E-state index in [9.17, 15) is 4.79 Å². The van der Waals surface area contributed by atoms with Crippen LogP contribution in [0.15, 0.2) is 0 Å². The normalized spacial score (nSPS) is 11.1. The Morgan fingerprint density at radius 2 is 1.80 bits per heavy atom. The molecule has 0 radical (unpaired) electrons. The smallest absolute Gasteiger partial charge is 0.407 e. The van der Waals surface area contributed by atoms with Gasteiger partial charge < -0.3 is 15.4 Å². The topological polar surface area (TPSA) is 76.1 Å². The number of rotatable bonds is 4. The second kappa shape index (κ2) is 6.74. The van der Waals surface area contributed by atoms with Crippen molar-refractivity contribution >= 4 is 23.5 Å². The van der Waals surface area contributed by atoms with Crippen molar-refractivity contribution in [2.45, 2.75) is 40.2 Å². The van der Waals surface area contributed by atoms with Gasteiger partial charge in [0.1, 0.15) is 5.60 Å². The molecule has 0 aliphatic rings. The predicted octanol–water partition coefficient (Wildman–Crippen LogP) is 2.68. The molecule has 0 saturated carbocycles. The highest BCUT2D eigenvalue weighted by Gasteiger charge is 2.15. The molecule has 0 aliphatic carbocycles. The summed E-state index contributed by atoms with van der Waals surface area (Å²) in [6.07, 6.45) is -0.448. The standard InChI is InChI=1S/C13H21ClN4O2/c1-8-9(2)18-11(10(14)17-8)15-6-7-16-12(19)20-13(3,4)5/h6-7H2,1-5H3,(H,15,18)(H,16,19). The molecule has 112 valence electrons. The number of nitrogens with one attached hydrogen (secondary N) is 2. The number of anilines is 1. The Hall–Kier alpha value is -1.56. The number of alkyl carbamates (subject to hydrolysis) is 1. The van der Waals surface area contributed by atoms with E-state index in [0.717, 1.165) is 11.4 Å². The summed E-state index contributed by atoms with van der Waals surface area (Å²) in [5.41, 5.74) is 1.12. The summed E-state index contributed by atoms with van der Waals surface area (Å²) >= 11 is 5.98. The zero-order chi connectivity index (χ0) is 15.3. The average molecular weight is 301 g/mol.